The summed E-state index contributed by atoms with van der Waals surface area (Å²) in [5.74, 6) is 0.00162. The Morgan fingerprint density at radius 3 is 2.85 bits per heavy atom. The Hall–Kier alpha value is -3.23. The summed E-state index contributed by atoms with van der Waals surface area (Å²) in [7, 11) is 0. The van der Waals surface area contributed by atoms with E-state index in [-0.39, 0.29) is 24.6 Å². The van der Waals surface area contributed by atoms with E-state index in [1.54, 1.807) is 0 Å². The SMILES string of the molecule is Cc1cn([C@H]2C[C@H](O)[C@@H](CNc3nnnn3-c3ccc(Cl)c(C(F)(F)F)c3)O2)c(=O)[nH]c1=O. The fourth-order valence-electron chi connectivity index (χ4n) is 3.40. The van der Waals surface area contributed by atoms with Crippen molar-refractivity contribution in [2.75, 3.05) is 11.9 Å². The number of anilines is 1. The summed E-state index contributed by atoms with van der Waals surface area (Å²) in [6.45, 7) is 1.51. The van der Waals surface area contributed by atoms with Crippen LogP contribution in [-0.4, -0.2) is 53.6 Å². The Labute approximate surface area is 187 Å². The molecule has 3 N–H and O–H groups in total. The number of halogens is 4. The lowest BCUT2D eigenvalue weighted by atomic mass is 10.2. The lowest BCUT2D eigenvalue weighted by Gasteiger charge is -2.17. The summed E-state index contributed by atoms with van der Waals surface area (Å²) in [5.41, 5.74) is -1.92. The molecule has 11 nitrogen and oxygen atoms in total. The van der Waals surface area contributed by atoms with E-state index in [1.165, 1.54) is 23.8 Å². The Bertz CT molecular complexity index is 1290. The first-order valence-electron chi connectivity index (χ1n) is 9.59. The molecule has 1 aromatic carbocycles. The van der Waals surface area contributed by atoms with E-state index in [0.29, 0.717) is 5.56 Å². The molecule has 0 saturated carbocycles. The number of aromatic nitrogens is 6. The molecule has 1 saturated heterocycles. The van der Waals surface area contributed by atoms with Crippen molar-refractivity contribution in [3.63, 3.8) is 0 Å². The molecule has 0 amide bonds. The number of alkyl halides is 3. The summed E-state index contributed by atoms with van der Waals surface area (Å²) >= 11 is 5.65. The number of rotatable bonds is 5. The third-order valence-corrected chi connectivity index (χ3v) is 5.42. The maximum absolute atomic E-state index is 13.2. The van der Waals surface area contributed by atoms with Crippen LogP contribution in [-0.2, 0) is 10.9 Å². The molecule has 0 spiro atoms. The van der Waals surface area contributed by atoms with Crippen molar-refractivity contribution in [2.24, 2.45) is 0 Å². The monoisotopic (exact) mass is 487 g/mol. The van der Waals surface area contributed by atoms with Crippen LogP contribution in [0.1, 0.15) is 23.8 Å². The number of H-pyrrole nitrogens is 1. The number of aromatic amines is 1. The van der Waals surface area contributed by atoms with Crippen LogP contribution < -0.4 is 16.6 Å². The van der Waals surface area contributed by atoms with E-state index in [4.69, 9.17) is 16.3 Å². The minimum atomic E-state index is -4.66. The number of aliphatic hydroxyl groups is 1. The molecular weight excluding hydrogens is 471 g/mol. The summed E-state index contributed by atoms with van der Waals surface area (Å²) in [6, 6.07) is 3.22. The van der Waals surface area contributed by atoms with Crippen LogP contribution in [0, 0.1) is 6.92 Å². The van der Waals surface area contributed by atoms with Crippen molar-refractivity contribution in [1.29, 1.82) is 0 Å². The van der Waals surface area contributed by atoms with Gasteiger partial charge in [0, 0.05) is 24.7 Å². The van der Waals surface area contributed by atoms with Crippen molar-refractivity contribution in [3.8, 4) is 5.69 Å². The number of benzene rings is 1. The van der Waals surface area contributed by atoms with Gasteiger partial charge in [0.05, 0.1) is 22.4 Å². The molecular formula is C18H17ClF3N7O4. The maximum Gasteiger partial charge on any atom is 0.417 e. The second kappa shape index (κ2) is 8.61. The van der Waals surface area contributed by atoms with Gasteiger partial charge in [-0.1, -0.05) is 16.7 Å². The number of aliphatic hydroxyl groups excluding tert-OH is 1. The van der Waals surface area contributed by atoms with Crippen LogP contribution in [0.5, 0.6) is 0 Å². The molecule has 1 aliphatic heterocycles. The molecule has 4 rings (SSSR count). The summed E-state index contributed by atoms with van der Waals surface area (Å²) in [4.78, 5) is 25.8. The molecule has 3 aromatic rings. The lowest BCUT2D eigenvalue weighted by molar-refractivity contribution is -0.137. The van der Waals surface area contributed by atoms with Crippen molar-refractivity contribution in [3.05, 3.63) is 61.4 Å². The molecule has 176 valence electrons. The normalized spacial score (nSPS) is 20.8. The van der Waals surface area contributed by atoms with Crippen molar-refractivity contribution in [2.45, 2.75) is 38.0 Å². The van der Waals surface area contributed by atoms with Gasteiger partial charge < -0.3 is 15.2 Å². The second-order valence-electron chi connectivity index (χ2n) is 7.37. The van der Waals surface area contributed by atoms with E-state index in [2.05, 4.69) is 25.8 Å². The van der Waals surface area contributed by atoms with Crippen LogP contribution >= 0.6 is 11.6 Å². The van der Waals surface area contributed by atoms with Crippen LogP contribution in [0.4, 0.5) is 19.1 Å². The predicted octanol–water partition coefficient (Wildman–Crippen LogP) is 1.25. The zero-order valence-electron chi connectivity index (χ0n) is 16.9. The molecule has 2 aromatic heterocycles. The molecule has 3 heterocycles. The maximum atomic E-state index is 13.2. The van der Waals surface area contributed by atoms with Crippen molar-refractivity contribution in [1.82, 2.24) is 29.8 Å². The summed E-state index contributed by atoms with van der Waals surface area (Å²) < 4.78 is 47.5. The number of aryl methyl sites for hydroxylation is 1. The Morgan fingerprint density at radius 2 is 2.12 bits per heavy atom. The van der Waals surface area contributed by atoms with E-state index in [1.807, 2.05) is 0 Å². The van der Waals surface area contributed by atoms with Gasteiger partial charge in [-0.3, -0.25) is 14.3 Å². The van der Waals surface area contributed by atoms with Gasteiger partial charge >= 0.3 is 11.9 Å². The number of tetrazole rings is 1. The fraction of sp³-hybridized carbons (Fsp3) is 0.389. The highest BCUT2D eigenvalue weighted by Crippen LogP contribution is 2.36. The minimum Gasteiger partial charge on any atom is -0.390 e. The molecule has 1 aliphatic rings. The first kappa shape index (κ1) is 22.9. The zero-order chi connectivity index (χ0) is 23.9. The zero-order valence-corrected chi connectivity index (χ0v) is 17.6. The number of ether oxygens (including phenoxy) is 1. The number of nitrogens with zero attached hydrogens (tertiary/aromatic N) is 5. The van der Waals surface area contributed by atoms with Crippen LogP contribution in [0.3, 0.4) is 0 Å². The van der Waals surface area contributed by atoms with Gasteiger partial charge in [0.15, 0.2) is 0 Å². The van der Waals surface area contributed by atoms with Crippen LogP contribution in [0.25, 0.3) is 5.69 Å². The molecule has 33 heavy (non-hydrogen) atoms. The fourth-order valence-corrected chi connectivity index (χ4v) is 3.62. The number of hydrogen-bond donors (Lipinski definition) is 3. The third-order valence-electron chi connectivity index (χ3n) is 5.09. The highest BCUT2D eigenvalue weighted by Gasteiger charge is 2.36. The average Bonchev–Trinajstić information content (AvgIpc) is 3.35. The highest BCUT2D eigenvalue weighted by atomic mass is 35.5. The minimum absolute atomic E-state index is 0.00162. The Balaban J connectivity index is 1.50. The standard InChI is InChI=1S/C18H17ClF3N7O4/c1-8-7-28(17(32)24-15(8)31)14-5-12(30)13(33-14)6-23-16-25-26-27-29(16)9-2-3-11(19)10(4-9)18(20,21)22/h2-4,7,12-14,30H,5-6H2,1H3,(H,23,25,27)(H,24,31,32)/t12-,13+,14+/m0/s1. The third kappa shape index (κ3) is 4.62. The molecule has 3 atom stereocenters. The van der Waals surface area contributed by atoms with E-state index in [0.717, 1.165) is 16.8 Å². The Kier molecular flexibility index (Phi) is 5.99. The lowest BCUT2D eigenvalue weighted by Crippen LogP contribution is -2.34. The molecule has 15 heteroatoms. The predicted molar refractivity (Wildman–Crippen MR) is 108 cm³/mol. The van der Waals surface area contributed by atoms with Crippen molar-refractivity contribution < 1.29 is 23.0 Å². The van der Waals surface area contributed by atoms with Gasteiger partial charge in [-0.2, -0.15) is 17.9 Å². The largest absolute Gasteiger partial charge is 0.417 e. The van der Waals surface area contributed by atoms with E-state index in [9.17, 15) is 27.9 Å². The second-order valence-corrected chi connectivity index (χ2v) is 7.78. The highest BCUT2D eigenvalue weighted by molar-refractivity contribution is 6.31. The topological polar surface area (TPSA) is 140 Å². The molecule has 0 bridgehead atoms. The summed E-state index contributed by atoms with van der Waals surface area (Å²) in [5, 5.41) is 23.6. The molecule has 1 fully saturated rings. The van der Waals surface area contributed by atoms with Gasteiger partial charge in [0.2, 0.25) is 5.95 Å². The van der Waals surface area contributed by atoms with Gasteiger partial charge in [-0.15, -0.1) is 0 Å². The van der Waals surface area contributed by atoms with Gasteiger partial charge in [0.1, 0.15) is 12.3 Å². The first-order valence-corrected chi connectivity index (χ1v) is 9.97. The molecule has 0 unspecified atom stereocenters. The number of hydrogen-bond acceptors (Lipinski definition) is 8. The van der Waals surface area contributed by atoms with Crippen molar-refractivity contribution >= 4 is 17.5 Å². The van der Waals surface area contributed by atoms with Crippen LogP contribution in [0.2, 0.25) is 5.02 Å². The smallest absolute Gasteiger partial charge is 0.390 e. The quantitative estimate of drug-likeness (QED) is 0.488. The molecule has 0 aliphatic carbocycles. The van der Waals surface area contributed by atoms with Crippen LogP contribution in [0.15, 0.2) is 34.0 Å². The first-order chi connectivity index (χ1) is 15.5. The average molecular weight is 488 g/mol. The number of nitrogens with one attached hydrogen (secondary N) is 2. The van der Waals surface area contributed by atoms with E-state index < -0.39 is 46.4 Å². The van der Waals surface area contributed by atoms with Gasteiger partial charge in [0.25, 0.3) is 5.56 Å². The van der Waals surface area contributed by atoms with Gasteiger partial charge in [-0.25, -0.2) is 4.79 Å². The molecule has 0 radical (unpaired) electrons. The van der Waals surface area contributed by atoms with E-state index >= 15 is 0 Å². The Morgan fingerprint density at radius 1 is 1.36 bits per heavy atom. The van der Waals surface area contributed by atoms with Gasteiger partial charge in [-0.05, 0) is 35.5 Å². The summed E-state index contributed by atoms with van der Waals surface area (Å²) in [6.07, 6.45) is -5.84.